The normalized spacial score (nSPS) is 11.0. The molecule has 0 spiro atoms. The summed E-state index contributed by atoms with van der Waals surface area (Å²) >= 11 is 9.98. The van der Waals surface area contributed by atoms with Gasteiger partial charge in [0.25, 0.3) is 0 Å². The molecule has 0 radical (unpaired) electrons. The number of hydrogen-bond donors (Lipinski definition) is 2. The average Bonchev–Trinajstić information content (AvgIpc) is 2.95. The van der Waals surface area contributed by atoms with Gasteiger partial charge in [0.05, 0.1) is 21.6 Å². The Bertz CT molecular complexity index is 700. The first-order chi connectivity index (χ1) is 11.6. The molecule has 2 N–H and O–H groups in total. The topological polar surface area (TPSA) is 54.1 Å². The Balaban J connectivity index is 2.15. The first-order valence-corrected chi connectivity index (χ1v) is 9.63. The van der Waals surface area contributed by atoms with Crippen LogP contribution in [0, 0.1) is 0 Å². The summed E-state index contributed by atoms with van der Waals surface area (Å²) in [4.78, 5) is 14.8. The summed E-state index contributed by atoms with van der Waals surface area (Å²) in [5.41, 5.74) is 2.06. The molecule has 0 unspecified atom stereocenters. The number of aryl methyl sites for hydroxylation is 1. The van der Waals surface area contributed by atoms with Crippen molar-refractivity contribution in [3.8, 4) is 5.75 Å². The maximum Gasteiger partial charge on any atom is 0.219 e. The fourth-order valence-corrected chi connectivity index (χ4v) is 3.27. The summed E-state index contributed by atoms with van der Waals surface area (Å²) < 4.78 is 6.64. The maximum atomic E-state index is 11.6. The second-order valence-corrected chi connectivity index (χ2v) is 6.92. The Morgan fingerprint density at radius 1 is 1.38 bits per heavy atom. The number of carbonyl (C=O) groups excluding carboxylic acids is 1. The predicted octanol–water partition coefficient (Wildman–Crippen LogP) is 5.22. The van der Waals surface area contributed by atoms with E-state index in [9.17, 15) is 4.79 Å². The molecule has 2 aromatic rings. The number of halogens is 2. The summed E-state index contributed by atoms with van der Waals surface area (Å²) in [6.07, 6.45) is 6.22. The fraction of sp³-hybridized carbons (Fsp3) is 0.500. The van der Waals surface area contributed by atoms with Crippen molar-refractivity contribution in [2.45, 2.75) is 46.0 Å². The van der Waals surface area contributed by atoms with Crippen molar-refractivity contribution in [3.63, 3.8) is 0 Å². The third kappa shape index (κ3) is 4.67. The Labute approximate surface area is 156 Å². The quantitative estimate of drug-likeness (QED) is 0.552. The Morgan fingerprint density at radius 2 is 2.17 bits per heavy atom. The molecule has 1 amide bonds. The van der Waals surface area contributed by atoms with Gasteiger partial charge in [-0.1, -0.05) is 24.9 Å². The lowest BCUT2D eigenvalue weighted by atomic mass is 10.1. The van der Waals surface area contributed by atoms with Gasteiger partial charge in [-0.2, -0.15) is 0 Å². The molecule has 6 heteroatoms. The van der Waals surface area contributed by atoms with Crippen LogP contribution < -0.4 is 10.1 Å². The number of fused-ring (bicyclic) bond motifs is 1. The molecule has 0 saturated heterocycles. The van der Waals surface area contributed by atoms with Crippen LogP contribution in [-0.4, -0.2) is 24.0 Å². The molecule has 0 atom stereocenters. The molecule has 1 heterocycles. The van der Waals surface area contributed by atoms with Gasteiger partial charge in [-0.05, 0) is 53.7 Å². The van der Waals surface area contributed by atoms with E-state index < -0.39 is 0 Å². The zero-order valence-corrected chi connectivity index (χ0v) is 16.5. The first kappa shape index (κ1) is 19.1. The molecule has 1 aromatic heterocycles. The minimum atomic E-state index is 0.0988. The second kappa shape index (κ2) is 9.33. The van der Waals surface area contributed by atoms with Crippen LogP contribution in [0.2, 0.25) is 5.02 Å². The van der Waals surface area contributed by atoms with Gasteiger partial charge in [0.15, 0.2) is 0 Å². The Kier molecular flexibility index (Phi) is 7.43. The minimum absolute atomic E-state index is 0.0988. The van der Waals surface area contributed by atoms with Gasteiger partial charge in [-0.3, -0.25) is 4.79 Å². The molecule has 1 aromatic carbocycles. The van der Waals surface area contributed by atoms with Crippen LogP contribution in [0.5, 0.6) is 5.75 Å². The van der Waals surface area contributed by atoms with E-state index in [4.69, 9.17) is 16.3 Å². The molecule has 0 aliphatic heterocycles. The molecule has 0 aliphatic rings. The average molecular weight is 416 g/mol. The van der Waals surface area contributed by atoms with Gasteiger partial charge in [0.2, 0.25) is 5.91 Å². The van der Waals surface area contributed by atoms with Crippen LogP contribution in [0.3, 0.4) is 0 Å². The molecule has 4 nitrogen and oxygen atoms in total. The van der Waals surface area contributed by atoms with E-state index in [-0.39, 0.29) is 5.91 Å². The van der Waals surface area contributed by atoms with E-state index >= 15 is 0 Å². The SMILES string of the molecule is CCCCOc1cc2c(CCCC(=O)NCC)c[nH]c2c(Cl)c1Br. The van der Waals surface area contributed by atoms with Crippen LogP contribution in [0.4, 0.5) is 0 Å². The summed E-state index contributed by atoms with van der Waals surface area (Å²) in [5.74, 6) is 0.868. The molecule has 0 aliphatic carbocycles. The van der Waals surface area contributed by atoms with Crippen LogP contribution in [0.1, 0.15) is 45.1 Å². The molecular weight excluding hydrogens is 392 g/mol. The summed E-state index contributed by atoms with van der Waals surface area (Å²) in [6, 6.07) is 2.03. The summed E-state index contributed by atoms with van der Waals surface area (Å²) in [6.45, 7) is 5.41. The van der Waals surface area contributed by atoms with Gasteiger partial charge in [0.1, 0.15) is 5.75 Å². The second-order valence-electron chi connectivity index (χ2n) is 5.75. The zero-order valence-electron chi connectivity index (χ0n) is 14.2. The smallest absolute Gasteiger partial charge is 0.219 e. The first-order valence-electron chi connectivity index (χ1n) is 8.45. The number of benzene rings is 1. The molecule has 0 fully saturated rings. The Morgan fingerprint density at radius 3 is 2.88 bits per heavy atom. The third-order valence-electron chi connectivity index (χ3n) is 3.89. The number of hydrogen-bond acceptors (Lipinski definition) is 2. The van der Waals surface area contributed by atoms with E-state index in [0.29, 0.717) is 24.6 Å². The van der Waals surface area contributed by atoms with Crippen molar-refractivity contribution in [1.82, 2.24) is 10.3 Å². The van der Waals surface area contributed by atoms with E-state index in [0.717, 1.165) is 52.4 Å². The molecule has 24 heavy (non-hydrogen) atoms. The molecular formula is C18H24BrClN2O2. The lowest BCUT2D eigenvalue weighted by molar-refractivity contribution is -0.121. The maximum absolute atomic E-state index is 11.6. The van der Waals surface area contributed by atoms with Crippen molar-refractivity contribution in [2.75, 3.05) is 13.2 Å². The number of rotatable bonds is 9. The van der Waals surface area contributed by atoms with Gasteiger partial charge in [-0.25, -0.2) is 0 Å². The molecule has 0 bridgehead atoms. The highest BCUT2D eigenvalue weighted by atomic mass is 79.9. The lowest BCUT2D eigenvalue weighted by Crippen LogP contribution is -2.22. The number of carbonyl (C=O) groups is 1. The van der Waals surface area contributed by atoms with Gasteiger partial charge in [-0.15, -0.1) is 0 Å². The van der Waals surface area contributed by atoms with E-state index in [2.05, 4.69) is 33.2 Å². The number of nitrogens with one attached hydrogen (secondary N) is 2. The van der Waals surface area contributed by atoms with Gasteiger partial charge >= 0.3 is 0 Å². The van der Waals surface area contributed by atoms with Crippen molar-refractivity contribution < 1.29 is 9.53 Å². The number of aromatic nitrogens is 1. The van der Waals surface area contributed by atoms with E-state index in [1.807, 2.05) is 19.2 Å². The zero-order chi connectivity index (χ0) is 17.5. The number of H-pyrrole nitrogens is 1. The van der Waals surface area contributed by atoms with Gasteiger partial charge in [0, 0.05) is 24.5 Å². The highest BCUT2D eigenvalue weighted by Gasteiger charge is 2.15. The van der Waals surface area contributed by atoms with E-state index in [1.54, 1.807) is 0 Å². The summed E-state index contributed by atoms with van der Waals surface area (Å²) in [7, 11) is 0. The molecule has 0 saturated carbocycles. The van der Waals surface area contributed by atoms with Crippen LogP contribution in [0.25, 0.3) is 10.9 Å². The van der Waals surface area contributed by atoms with E-state index in [1.165, 1.54) is 0 Å². The van der Waals surface area contributed by atoms with Crippen molar-refractivity contribution in [1.29, 1.82) is 0 Å². The minimum Gasteiger partial charge on any atom is -0.492 e. The molecule has 2 rings (SSSR count). The van der Waals surface area contributed by atoms with Gasteiger partial charge < -0.3 is 15.0 Å². The number of ether oxygens (including phenoxy) is 1. The highest BCUT2D eigenvalue weighted by molar-refractivity contribution is 9.10. The fourth-order valence-electron chi connectivity index (χ4n) is 2.60. The standard InChI is InChI=1S/C18H24BrClN2O2/c1-3-5-9-24-14-10-13-12(7-6-8-15(23)21-4-2)11-22-18(13)17(20)16(14)19/h10-11,22H,3-9H2,1-2H3,(H,21,23). The lowest BCUT2D eigenvalue weighted by Gasteiger charge is -2.10. The van der Waals surface area contributed by atoms with Crippen LogP contribution in [0.15, 0.2) is 16.7 Å². The van der Waals surface area contributed by atoms with Crippen molar-refractivity contribution >= 4 is 44.3 Å². The molecule has 132 valence electrons. The largest absolute Gasteiger partial charge is 0.492 e. The number of unbranched alkanes of at least 4 members (excludes halogenated alkanes) is 1. The third-order valence-corrected chi connectivity index (χ3v) is 5.28. The highest BCUT2D eigenvalue weighted by Crippen LogP contribution is 2.39. The predicted molar refractivity (Wildman–Crippen MR) is 103 cm³/mol. The monoisotopic (exact) mass is 414 g/mol. The number of aromatic amines is 1. The summed E-state index contributed by atoms with van der Waals surface area (Å²) in [5, 5.41) is 4.52. The van der Waals surface area contributed by atoms with Crippen molar-refractivity contribution in [2.24, 2.45) is 0 Å². The van der Waals surface area contributed by atoms with Crippen LogP contribution in [-0.2, 0) is 11.2 Å². The Hall–Kier alpha value is -1.20. The van der Waals surface area contributed by atoms with Crippen molar-refractivity contribution in [3.05, 3.63) is 27.3 Å². The van der Waals surface area contributed by atoms with Crippen LogP contribution >= 0.6 is 27.5 Å². The number of amides is 1.